The maximum atomic E-state index is 12.6. The number of hydrogen-bond donors (Lipinski definition) is 2. The van der Waals surface area contributed by atoms with Crippen molar-refractivity contribution < 1.29 is 14.0 Å². The molecule has 2 heterocycles. The highest BCUT2D eigenvalue weighted by Crippen LogP contribution is 2.44. The van der Waals surface area contributed by atoms with Crippen molar-refractivity contribution in [1.29, 1.82) is 0 Å². The number of thiophene rings is 1. The Kier molecular flexibility index (Phi) is 6.94. The zero-order chi connectivity index (χ0) is 24.6. The molecule has 34 heavy (non-hydrogen) atoms. The molecule has 0 saturated heterocycles. The quantitative estimate of drug-likeness (QED) is 0.351. The van der Waals surface area contributed by atoms with Crippen molar-refractivity contribution >= 4 is 57.4 Å². The molecule has 1 atom stereocenters. The topological polar surface area (TPSA) is 85.3 Å². The summed E-state index contributed by atoms with van der Waals surface area (Å²) in [7, 11) is 0. The summed E-state index contributed by atoms with van der Waals surface area (Å²) < 4.78 is 5.80. The number of halogens is 2. The van der Waals surface area contributed by atoms with Crippen molar-refractivity contribution in [3.63, 3.8) is 0 Å². The van der Waals surface area contributed by atoms with Gasteiger partial charge in [0.1, 0.15) is 16.5 Å². The molecule has 3 aromatic rings. The highest BCUT2D eigenvalue weighted by Gasteiger charge is 2.33. The number of furan rings is 1. The standard InChI is InChI=1S/C26H26Cl2N2O3S/c1-26(2,3)14-4-8-18-21(12-14)34-25(23(18)24(29)32)30-22(31)11-7-16-6-10-20(33-16)17-9-5-15(27)13-19(17)28/h5-7,9-11,13-14H,4,8,12H2,1-3H3,(H2,29,32)(H,30,31)/b11-7+. The van der Waals surface area contributed by atoms with E-state index < -0.39 is 5.91 Å². The second-order valence-corrected chi connectivity index (χ2v) is 11.5. The molecule has 0 bridgehead atoms. The lowest BCUT2D eigenvalue weighted by Gasteiger charge is -2.33. The molecule has 0 saturated carbocycles. The molecule has 0 spiro atoms. The van der Waals surface area contributed by atoms with Gasteiger partial charge in [0.2, 0.25) is 5.91 Å². The zero-order valence-electron chi connectivity index (χ0n) is 19.2. The molecule has 0 fully saturated rings. The number of rotatable bonds is 5. The van der Waals surface area contributed by atoms with E-state index in [1.165, 1.54) is 17.4 Å². The fourth-order valence-corrected chi connectivity index (χ4v) is 6.10. The van der Waals surface area contributed by atoms with Crippen molar-refractivity contribution in [2.24, 2.45) is 17.1 Å². The van der Waals surface area contributed by atoms with Crippen LogP contribution in [0.5, 0.6) is 0 Å². The minimum absolute atomic E-state index is 0.179. The van der Waals surface area contributed by atoms with Crippen molar-refractivity contribution in [2.45, 2.75) is 40.0 Å². The van der Waals surface area contributed by atoms with E-state index in [4.69, 9.17) is 33.4 Å². The SMILES string of the molecule is CC(C)(C)C1CCc2c(sc(NC(=O)/C=C/c3ccc(-c4ccc(Cl)cc4Cl)o3)c2C(N)=O)C1. The molecule has 178 valence electrons. The number of amides is 2. The average Bonchev–Trinajstić information content (AvgIpc) is 3.35. The van der Waals surface area contributed by atoms with E-state index >= 15 is 0 Å². The highest BCUT2D eigenvalue weighted by atomic mass is 35.5. The van der Waals surface area contributed by atoms with Crippen LogP contribution < -0.4 is 11.1 Å². The third-order valence-electron chi connectivity index (χ3n) is 6.20. The molecule has 1 unspecified atom stereocenters. The summed E-state index contributed by atoms with van der Waals surface area (Å²) in [4.78, 5) is 26.0. The summed E-state index contributed by atoms with van der Waals surface area (Å²) in [6.45, 7) is 6.71. The summed E-state index contributed by atoms with van der Waals surface area (Å²) in [5, 5.41) is 4.37. The minimum Gasteiger partial charge on any atom is -0.457 e. The summed E-state index contributed by atoms with van der Waals surface area (Å²) in [5.41, 5.74) is 7.99. The molecule has 2 aromatic heterocycles. The third kappa shape index (κ3) is 5.24. The normalized spacial score (nSPS) is 16.0. The molecule has 0 aliphatic heterocycles. The van der Waals surface area contributed by atoms with E-state index in [1.54, 1.807) is 36.4 Å². The average molecular weight is 517 g/mol. The Morgan fingerprint density at radius 3 is 2.65 bits per heavy atom. The summed E-state index contributed by atoms with van der Waals surface area (Å²) >= 11 is 13.6. The first-order valence-electron chi connectivity index (χ1n) is 11.0. The molecule has 8 heteroatoms. The first-order valence-corrected chi connectivity index (χ1v) is 12.6. The number of anilines is 1. The third-order valence-corrected chi connectivity index (χ3v) is 7.91. The van der Waals surface area contributed by atoms with E-state index in [0.717, 1.165) is 29.7 Å². The van der Waals surface area contributed by atoms with Crippen LogP contribution in [0.3, 0.4) is 0 Å². The molecular weight excluding hydrogens is 491 g/mol. The molecule has 0 radical (unpaired) electrons. The van der Waals surface area contributed by atoms with Gasteiger partial charge in [0, 0.05) is 21.5 Å². The van der Waals surface area contributed by atoms with Crippen LogP contribution in [-0.4, -0.2) is 11.8 Å². The van der Waals surface area contributed by atoms with Gasteiger partial charge in [0.05, 0.1) is 10.6 Å². The highest BCUT2D eigenvalue weighted by molar-refractivity contribution is 7.17. The molecule has 3 N–H and O–H groups in total. The van der Waals surface area contributed by atoms with E-state index in [2.05, 4.69) is 26.1 Å². The van der Waals surface area contributed by atoms with Gasteiger partial charge in [-0.05, 0) is 72.6 Å². The molecule has 1 aliphatic carbocycles. The predicted molar refractivity (Wildman–Crippen MR) is 140 cm³/mol. The first kappa shape index (κ1) is 24.6. The second-order valence-electron chi connectivity index (χ2n) is 9.53. The van der Waals surface area contributed by atoms with Gasteiger partial charge in [-0.1, -0.05) is 44.0 Å². The predicted octanol–water partition coefficient (Wildman–Crippen LogP) is 7.22. The van der Waals surface area contributed by atoms with Crippen LogP contribution in [0.1, 0.15) is 53.8 Å². The molecule has 1 aliphatic rings. The van der Waals surface area contributed by atoms with E-state index in [-0.39, 0.29) is 11.3 Å². The maximum absolute atomic E-state index is 12.6. The Hall–Kier alpha value is -2.54. The van der Waals surface area contributed by atoms with Gasteiger partial charge in [-0.3, -0.25) is 9.59 Å². The molecule has 4 rings (SSSR count). The van der Waals surface area contributed by atoms with Crippen molar-refractivity contribution in [3.8, 4) is 11.3 Å². The van der Waals surface area contributed by atoms with Crippen molar-refractivity contribution in [3.05, 3.63) is 68.2 Å². The fourth-order valence-electron chi connectivity index (χ4n) is 4.26. The largest absolute Gasteiger partial charge is 0.457 e. The van der Waals surface area contributed by atoms with Crippen LogP contribution in [0.15, 0.2) is 40.8 Å². The van der Waals surface area contributed by atoms with Gasteiger partial charge >= 0.3 is 0 Å². The number of carbonyl (C=O) groups is 2. The Balaban J connectivity index is 1.50. The summed E-state index contributed by atoms with van der Waals surface area (Å²) in [6.07, 6.45) is 5.61. The van der Waals surface area contributed by atoms with E-state index in [1.807, 2.05) is 0 Å². The van der Waals surface area contributed by atoms with Gasteiger partial charge in [-0.25, -0.2) is 0 Å². The van der Waals surface area contributed by atoms with Crippen molar-refractivity contribution in [2.75, 3.05) is 5.32 Å². The Bertz CT molecular complexity index is 1280. The number of fused-ring (bicyclic) bond motifs is 1. The number of benzene rings is 1. The van der Waals surface area contributed by atoms with Gasteiger partial charge in [0.25, 0.3) is 5.91 Å². The van der Waals surface area contributed by atoms with Gasteiger partial charge in [-0.15, -0.1) is 11.3 Å². The number of nitrogens with one attached hydrogen (secondary N) is 1. The van der Waals surface area contributed by atoms with E-state index in [0.29, 0.717) is 43.6 Å². The van der Waals surface area contributed by atoms with Crippen LogP contribution >= 0.6 is 34.5 Å². The fraction of sp³-hybridized carbons (Fsp3) is 0.308. The molecule has 2 amide bonds. The maximum Gasteiger partial charge on any atom is 0.251 e. The Morgan fingerprint density at radius 1 is 1.21 bits per heavy atom. The van der Waals surface area contributed by atoms with Crippen LogP contribution in [0.25, 0.3) is 17.4 Å². The summed E-state index contributed by atoms with van der Waals surface area (Å²) in [5.74, 6) is 0.699. The number of nitrogens with two attached hydrogens (primary N) is 1. The lowest BCUT2D eigenvalue weighted by Crippen LogP contribution is -2.27. The van der Waals surface area contributed by atoms with Gasteiger partial charge < -0.3 is 15.5 Å². The van der Waals surface area contributed by atoms with Gasteiger partial charge in [0.15, 0.2) is 0 Å². The number of primary amides is 1. The minimum atomic E-state index is -0.512. The monoisotopic (exact) mass is 516 g/mol. The number of hydrogen-bond acceptors (Lipinski definition) is 4. The van der Waals surface area contributed by atoms with Crippen LogP contribution in [-0.2, 0) is 17.6 Å². The molecular formula is C26H26Cl2N2O3S. The molecule has 1 aromatic carbocycles. The zero-order valence-corrected chi connectivity index (χ0v) is 21.5. The van der Waals surface area contributed by atoms with Crippen LogP contribution in [0.4, 0.5) is 5.00 Å². The van der Waals surface area contributed by atoms with Crippen LogP contribution in [0, 0.1) is 11.3 Å². The second kappa shape index (κ2) is 9.61. The number of carbonyl (C=O) groups excluding carboxylic acids is 2. The van der Waals surface area contributed by atoms with Gasteiger partial charge in [-0.2, -0.15) is 0 Å². The van der Waals surface area contributed by atoms with Crippen LogP contribution in [0.2, 0.25) is 10.0 Å². The lowest BCUT2D eigenvalue weighted by molar-refractivity contribution is -0.111. The smallest absolute Gasteiger partial charge is 0.251 e. The van der Waals surface area contributed by atoms with E-state index in [9.17, 15) is 9.59 Å². The Morgan fingerprint density at radius 2 is 1.97 bits per heavy atom. The van der Waals surface area contributed by atoms with Crippen molar-refractivity contribution in [1.82, 2.24) is 0 Å². The Labute approximate surface area is 212 Å². The first-order chi connectivity index (χ1) is 16.0. The molecule has 5 nitrogen and oxygen atoms in total. The lowest BCUT2D eigenvalue weighted by atomic mass is 9.72. The summed E-state index contributed by atoms with van der Waals surface area (Å²) in [6, 6.07) is 8.67.